The Labute approximate surface area is 118 Å². The van der Waals surface area contributed by atoms with E-state index < -0.39 is 0 Å². The summed E-state index contributed by atoms with van der Waals surface area (Å²) in [4.78, 5) is 0. The molecule has 0 saturated carbocycles. The van der Waals surface area contributed by atoms with E-state index in [-0.39, 0.29) is 0 Å². The third-order valence-corrected chi connectivity index (χ3v) is 4.04. The highest BCUT2D eigenvalue weighted by Gasteiger charge is 2.14. The Balaban J connectivity index is 1.73. The van der Waals surface area contributed by atoms with Crippen molar-refractivity contribution in [2.75, 3.05) is 6.54 Å². The first kappa shape index (κ1) is 14.5. The van der Waals surface area contributed by atoms with Gasteiger partial charge in [0.2, 0.25) is 0 Å². The molecule has 1 aromatic rings. The van der Waals surface area contributed by atoms with Gasteiger partial charge in [-0.1, -0.05) is 42.7 Å². The molecule has 1 aliphatic rings. The van der Waals surface area contributed by atoms with Crippen LogP contribution in [0.15, 0.2) is 24.3 Å². The third-order valence-electron chi connectivity index (χ3n) is 4.04. The molecule has 1 heterocycles. The van der Waals surface area contributed by atoms with E-state index in [1.54, 1.807) is 0 Å². The maximum Gasteiger partial charge on any atom is 0.0208 e. The van der Waals surface area contributed by atoms with Gasteiger partial charge < -0.3 is 10.6 Å². The summed E-state index contributed by atoms with van der Waals surface area (Å²) in [6.07, 6.45) is 6.72. The van der Waals surface area contributed by atoms with Crippen LogP contribution in [-0.2, 0) is 6.54 Å². The van der Waals surface area contributed by atoms with Crippen LogP contribution in [0, 0.1) is 6.92 Å². The Morgan fingerprint density at radius 3 is 3.05 bits per heavy atom. The van der Waals surface area contributed by atoms with Crippen molar-refractivity contribution in [3.05, 3.63) is 35.4 Å². The van der Waals surface area contributed by atoms with Crippen LogP contribution >= 0.6 is 0 Å². The molecule has 0 bridgehead atoms. The minimum Gasteiger partial charge on any atom is -0.314 e. The molecule has 2 unspecified atom stereocenters. The first-order chi connectivity index (χ1) is 9.24. The average molecular weight is 260 g/mol. The van der Waals surface area contributed by atoms with E-state index in [1.807, 2.05) is 0 Å². The molecule has 2 atom stereocenters. The lowest BCUT2D eigenvalue weighted by Crippen LogP contribution is -2.36. The summed E-state index contributed by atoms with van der Waals surface area (Å²) in [6, 6.07) is 10.1. The van der Waals surface area contributed by atoms with Gasteiger partial charge in [-0.3, -0.25) is 0 Å². The molecule has 0 amide bonds. The van der Waals surface area contributed by atoms with Crippen LogP contribution in [0.3, 0.4) is 0 Å². The Hall–Kier alpha value is -0.860. The minimum atomic E-state index is 0.580. The summed E-state index contributed by atoms with van der Waals surface area (Å²) in [5.74, 6) is 0. The molecule has 2 nitrogen and oxygen atoms in total. The van der Waals surface area contributed by atoms with Crippen LogP contribution < -0.4 is 10.6 Å². The normalized spacial score (nSPS) is 21.9. The highest BCUT2D eigenvalue weighted by Crippen LogP contribution is 2.13. The van der Waals surface area contributed by atoms with Gasteiger partial charge in [-0.2, -0.15) is 0 Å². The second-order valence-corrected chi connectivity index (χ2v) is 6.01. The molecule has 1 fully saturated rings. The molecule has 106 valence electrons. The van der Waals surface area contributed by atoms with Gasteiger partial charge in [0.15, 0.2) is 0 Å². The van der Waals surface area contributed by atoms with E-state index in [0.29, 0.717) is 12.1 Å². The summed E-state index contributed by atoms with van der Waals surface area (Å²) in [5, 5.41) is 7.33. The van der Waals surface area contributed by atoms with Crippen molar-refractivity contribution < 1.29 is 0 Å². The highest BCUT2D eigenvalue weighted by atomic mass is 14.9. The van der Waals surface area contributed by atoms with E-state index in [4.69, 9.17) is 0 Å². The van der Waals surface area contributed by atoms with Crippen molar-refractivity contribution in [2.45, 2.75) is 64.6 Å². The molecule has 2 heteroatoms. The molecule has 2 N–H and O–H groups in total. The lowest BCUT2D eigenvalue weighted by molar-refractivity contribution is 0.402. The molecule has 0 aliphatic carbocycles. The fourth-order valence-electron chi connectivity index (χ4n) is 2.93. The van der Waals surface area contributed by atoms with E-state index in [1.165, 1.54) is 49.8 Å². The van der Waals surface area contributed by atoms with Crippen LogP contribution in [-0.4, -0.2) is 18.6 Å². The average Bonchev–Trinajstić information content (AvgIpc) is 2.65. The fourth-order valence-corrected chi connectivity index (χ4v) is 2.93. The van der Waals surface area contributed by atoms with Gasteiger partial charge in [-0.15, -0.1) is 0 Å². The SMILES string of the molecule is Cc1cccc(CNC(C)CC2CCCCCN2)c1. The predicted octanol–water partition coefficient (Wildman–Crippen LogP) is 3.40. The molecular weight excluding hydrogens is 232 g/mol. The summed E-state index contributed by atoms with van der Waals surface area (Å²) < 4.78 is 0. The standard InChI is InChI=1S/C17H28N2/c1-14-7-6-8-16(11-14)13-19-15(2)12-17-9-4-3-5-10-18-17/h6-8,11,15,17-19H,3-5,9-10,12-13H2,1-2H3. The Morgan fingerprint density at radius 1 is 1.32 bits per heavy atom. The smallest absolute Gasteiger partial charge is 0.0208 e. The van der Waals surface area contributed by atoms with E-state index in [9.17, 15) is 0 Å². The largest absolute Gasteiger partial charge is 0.314 e. The molecule has 1 aliphatic heterocycles. The zero-order valence-corrected chi connectivity index (χ0v) is 12.4. The van der Waals surface area contributed by atoms with Gasteiger partial charge in [0.05, 0.1) is 0 Å². The van der Waals surface area contributed by atoms with Gasteiger partial charge in [0.25, 0.3) is 0 Å². The monoisotopic (exact) mass is 260 g/mol. The maximum absolute atomic E-state index is 3.68. The molecule has 0 aromatic heterocycles. The number of nitrogens with one attached hydrogen (secondary N) is 2. The molecule has 0 radical (unpaired) electrons. The van der Waals surface area contributed by atoms with Gasteiger partial charge >= 0.3 is 0 Å². The van der Waals surface area contributed by atoms with Crippen LogP contribution in [0.4, 0.5) is 0 Å². The highest BCUT2D eigenvalue weighted by molar-refractivity contribution is 5.21. The zero-order valence-electron chi connectivity index (χ0n) is 12.4. The minimum absolute atomic E-state index is 0.580. The number of hydrogen-bond acceptors (Lipinski definition) is 2. The topological polar surface area (TPSA) is 24.1 Å². The fraction of sp³-hybridized carbons (Fsp3) is 0.647. The van der Waals surface area contributed by atoms with Crippen molar-refractivity contribution in [1.82, 2.24) is 10.6 Å². The summed E-state index contributed by atoms with van der Waals surface area (Å²) in [5.41, 5.74) is 2.73. The number of benzene rings is 1. The predicted molar refractivity (Wildman–Crippen MR) is 82.4 cm³/mol. The first-order valence-corrected chi connectivity index (χ1v) is 7.76. The van der Waals surface area contributed by atoms with Gasteiger partial charge in [-0.05, 0) is 45.2 Å². The van der Waals surface area contributed by atoms with Gasteiger partial charge in [0, 0.05) is 18.6 Å². The van der Waals surface area contributed by atoms with Crippen LogP contribution in [0.25, 0.3) is 0 Å². The molecule has 1 saturated heterocycles. The second kappa shape index (κ2) is 7.66. The molecule has 19 heavy (non-hydrogen) atoms. The molecule has 2 rings (SSSR count). The van der Waals surface area contributed by atoms with Crippen molar-refractivity contribution in [2.24, 2.45) is 0 Å². The molecule has 1 aromatic carbocycles. The van der Waals surface area contributed by atoms with E-state index in [0.717, 1.165) is 6.54 Å². The summed E-state index contributed by atoms with van der Waals surface area (Å²) in [6.45, 7) is 6.65. The van der Waals surface area contributed by atoms with Crippen molar-refractivity contribution in [3.8, 4) is 0 Å². The number of hydrogen-bond donors (Lipinski definition) is 2. The van der Waals surface area contributed by atoms with Gasteiger partial charge in [0.1, 0.15) is 0 Å². The zero-order chi connectivity index (χ0) is 13.5. The van der Waals surface area contributed by atoms with E-state index in [2.05, 4.69) is 48.7 Å². The van der Waals surface area contributed by atoms with E-state index >= 15 is 0 Å². The third kappa shape index (κ3) is 5.33. The summed E-state index contributed by atoms with van der Waals surface area (Å²) >= 11 is 0. The van der Waals surface area contributed by atoms with Crippen molar-refractivity contribution in [1.29, 1.82) is 0 Å². The van der Waals surface area contributed by atoms with Crippen LogP contribution in [0.1, 0.15) is 50.2 Å². The molecule has 0 spiro atoms. The Kier molecular flexibility index (Phi) is 5.87. The Morgan fingerprint density at radius 2 is 2.21 bits per heavy atom. The molecular formula is C17H28N2. The number of rotatable bonds is 5. The van der Waals surface area contributed by atoms with Crippen molar-refractivity contribution in [3.63, 3.8) is 0 Å². The maximum atomic E-state index is 3.68. The van der Waals surface area contributed by atoms with Crippen molar-refractivity contribution >= 4 is 0 Å². The summed E-state index contributed by atoms with van der Waals surface area (Å²) in [7, 11) is 0. The lowest BCUT2D eigenvalue weighted by Gasteiger charge is -2.21. The second-order valence-electron chi connectivity index (χ2n) is 6.01. The quantitative estimate of drug-likeness (QED) is 0.848. The van der Waals surface area contributed by atoms with Crippen LogP contribution in [0.5, 0.6) is 0 Å². The van der Waals surface area contributed by atoms with Crippen LogP contribution in [0.2, 0.25) is 0 Å². The first-order valence-electron chi connectivity index (χ1n) is 7.76. The van der Waals surface area contributed by atoms with Gasteiger partial charge in [-0.25, -0.2) is 0 Å². The lowest BCUT2D eigenvalue weighted by atomic mass is 10.0. The Bertz CT molecular complexity index is 367. The number of aryl methyl sites for hydroxylation is 1.